The number of nitrogens with one attached hydrogen (secondary N) is 2. The lowest BCUT2D eigenvalue weighted by Gasteiger charge is -2.21. The zero-order valence-electron chi connectivity index (χ0n) is 17.2. The van der Waals surface area contributed by atoms with Crippen LogP contribution in [-0.4, -0.2) is 26.9 Å². The molecule has 0 bridgehead atoms. The van der Waals surface area contributed by atoms with E-state index in [1.165, 1.54) is 0 Å². The van der Waals surface area contributed by atoms with Crippen LogP contribution >= 0.6 is 0 Å². The van der Waals surface area contributed by atoms with Crippen molar-refractivity contribution in [2.45, 2.75) is 52.0 Å². The molecule has 6 heteroatoms. The van der Waals surface area contributed by atoms with E-state index in [2.05, 4.69) is 10.0 Å². The maximum atomic E-state index is 13.1. The van der Waals surface area contributed by atoms with Crippen LogP contribution < -0.4 is 10.0 Å². The molecule has 0 saturated carbocycles. The van der Waals surface area contributed by atoms with Crippen LogP contribution in [0.25, 0.3) is 0 Å². The van der Waals surface area contributed by atoms with Gasteiger partial charge in [-0.3, -0.25) is 4.79 Å². The number of amides is 1. The summed E-state index contributed by atoms with van der Waals surface area (Å²) in [4.78, 5) is 13.0. The van der Waals surface area contributed by atoms with E-state index in [0.717, 1.165) is 11.1 Å². The smallest absolute Gasteiger partial charge is 0.241 e. The van der Waals surface area contributed by atoms with Gasteiger partial charge in [0.1, 0.15) is 6.04 Å². The monoisotopic (exact) mass is 402 g/mol. The molecule has 2 aromatic rings. The van der Waals surface area contributed by atoms with Crippen molar-refractivity contribution in [3.8, 4) is 0 Å². The summed E-state index contributed by atoms with van der Waals surface area (Å²) in [6, 6.07) is 12.2. The number of hydrogen-bond acceptors (Lipinski definition) is 3. The summed E-state index contributed by atoms with van der Waals surface area (Å²) in [5.74, 6) is -0.0388. The summed E-state index contributed by atoms with van der Waals surface area (Å²) in [6.07, 6.45) is 0.286. The predicted octanol–water partition coefficient (Wildman–Crippen LogP) is 3.27. The summed E-state index contributed by atoms with van der Waals surface area (Å²) in [5.41, 5.74) is 3.24. The first kappa shape index (κ1) is 22.1. The van der Waals surface area contributed by atoms with Crippen molar-refractivity contribution in [1.29, 1.82) is 0 Å². The Hall–Kier alpha value is -2.18. The highest BCUT2D eigenvalue weighted by atomic mass is 32.2. The van der Waals surface area contributed by atoms with Crippen LogP contribution in [0.5, 0.6) is 0 Å². The van der Waals surface area contributed by atoms with E-state index < -0.39 is 16.1 Å². The molecule has 0 spiro atoms. The molecular weight excluding hydrogens is 372 g/mol. The number of carbonyl (C=O) groups excluding carboxylic acids is 1. The molecular formula is C22H30N2O3S. The lowest BCUT2D eigenvalue weighted by molar-refractivity contribution is -0.122. The molecule has 0 aliphatic heterocycles. The molecule has 5 nitrogen and oxygen atoms in total. The van der Waals surface area contributed by atoms with Crippen molar-refractivity contribution < 1.29 is 13.2 Å². The maximum Gasteiger partial charge on any atom is 0.241 e. The number of rotatable bonds is 8. The van der Waals surface area contributed by atoms with Crippen LogP contribution in [0.3, 0.4) is 0 Å². The molecule has 1 atom stereocenters. The van der Waals surface area contributed by atoms with Gasteiger partial charge in [-0.1, -0.05) is 61.9 Å². The molecule has 0 fully saturated rings. The minimum Gasteiger partial charge on any atom is -0.354 e. The largest absolute Gasteiger partial charge is 0.354 e. The van der Waals surface area contributed by atoms with E-state index in [-0.39, 0.29) is 23.1 Å². The third-order valence-electron chi connectivity index (χ3n) is 4.45. The van der Waals surface area contributed by atoms with E-state index in [1.807, 2.05) is 63.2 Å². The highest BCUT2D eigenvalue weighted by Gasteiger charge is 2.28. The number of carbonyl (C=O) groups is 1. The Bertz CT molecular complexity index is 899. The molecule has 0 aromatic heterocycles. The van der Waals surface area contributed by atoms with E-state index >= 15 is 0 Å². The van der Waals surface area contributed by atoms with Crippen molar-refractivity contribution in [1.82, 2.24) is 10.0 Å². The van der Waals surface area contributed by atoms with Gasteiger partial charge in [-0.15, -0.1) is 0 Å². The zero-order valence-corrected chi connectivity index (χ0v) is 18.1. The van der Waals surface area contributed by atoms with Gasteiger partial charge < -0.3 is 5.32 Å². The first-order chi connectivity index (χ1) is 13.1. The third-order valence-corrected chi connectivity index (χ3v) is 6.23. The zero-order chi connectivity index (χ0) is 20.9. The topological polar surface area (TPSA) is 75.3 Å². The Balaban J connectivity index is 2.33. The first-order valence-electron chi connectivity index (χ1n) is 9.52. The van der Waals surface area contributed by atoms with E-state index in [1.54, 1.807) is 13.8 Å². The van der Waals surface area contributed by atoms with Crippen molar-refractivity contribution in [3.63, 3.8) is 0 Å². The molecule has 0 unspecified atom stereocenters. The fourth-order valence-corrected chi connectivity index (χ4v) is 4.95. The Labute approximate surface area is 168 Å². The fourth-order valence-electron chi connectivity index (χ4n) is 3.30. The average molecular weight is 403 g/mol. The summed E-state index contributed by atoms with van der Waals surface area (Å²) < 4.78 is 28.9. The van der Waals surface area contributed by atoms with Crippen LogP contribution in [0.15, 0.2) is 47.4 Å². The van der Waals surface area contributed by atoms with Gasteiger partial charge in [0.15, 0.2) is 0 Å². The lowest BCUT2D eigenvalue weighted by atomic mass is 10.1. The Morgan fingerprint density at radius 1 is 1.00 bits per heavy atom. The molecule has 2 N–H and O–H groups in total. The minimum absolute atomic E-state index is 0.243. The van der Waals surface area contributed by atoms with Gasteiger partial charge in [-0.05, 0) is 49.8 Å². The van der Waals surface area contributed by atoms with E-state index in [0.29, 0.717) is 17.7 Å². The second kappa shape index (κ2) is 9.34. The molecule has 1 amide bonds. The average Bonchev–Trinajstić information content (AvgIpc) is 2.58. The van der Waals surface area contributed by atoms with Crippen molar-refractivity contribution >= 4 is 15.9 Å². The molecule has 28 heavy (non-hydrogen) atoms. The highest BCUT2D eigenvalue weighted by molar-refractivity contribution is 7.89. The van der Waals surface area contributed by atoms with Crippen molar-refractivity contribution in [3.05, 3.63) is 64.7 Å². The van der Waals surface area contributed by atoms with Gasteiger partial charge in [0.25, 0.3) is 0 Å². The molecule has 2 aromatic carbocycles. The van der Waals surface area contributed by atoms with Gasteiger partial charge in [0.05, 0.1) is 4.90 Å². The quantitative estimate of drug-likeness (QED) is 0.712. The maximum absolute atomic E-state index is 13.1. The number of hydrogen-bond donors (Lipinski definition) is 2. The van der Waals surface area contributed by atoms with E-state index in [4.69, 9.17) is 0 Å². The molecule has 0 saturated heterocycles. The lowest BCUT2D eigenvalue weighted by Crippen LogP contribution is -2.48. The van der Waals surface area contributed by atoms with Crippen LogP contribution in [0.1, 0.15) is 36.1 Å². The summed E-state index contributed by atoms with van der Waals surface area (Å²) in [7, 11) is -3.85. The Morgan fingerprint density at radius 3 is 2.11 bits per heavy atom. The Kier molecular flexibility index (Phi) is 7.38. The van der Waals surface area contributed by atoms with Crippen LogP contribution in [0.2, 0.25) is 0 Å². The molecule has 0 aliphatic rings. The Morgan fingerprint density at radius 2 is 1.57 bits per heavy atom. The van der Waals surface area contributed by atoms with Gasteiger partial charge in [-0.2, -0.15) is 4.72 Å². The fraction of sp³-hybridized carbons (Fsp3) is 0.409. The summed E-state index contributed by atoms with van der Waals surface area (Å²) in [6.45, 7) is 9.97. The summed E-state index contributed by atoms with van der Waals surface area (Å²) >= 11 is 0. The van der Waals surface area contributed by atoms with Crippen LogP contribution in [-0.2, 0) is 21.2 Å². The van der Waals surface area contributed by atoms with Crippen LogP contribution in [0, 0.1) is 26.7 Å². The van der Waals surface area contributed by atoms with Gasteiger partial charge in [-0.25, -0.2) is 8.42 Å². The van der Waals surface area contributed by atoms with E-state index in [9.17, 15) is 13.2 Å². The normalized spacial score (nSPS) is 12.8. The molecule has 0 aliphatic carbocycles. The third kappa shape index (κ3) is 5.91. The molecule has 0 radical (unpaired) electrons. The van der Waals surface area contributed by atoms with Crippen LogP contribution in [0.4, 0.5) is 0 Å². The second-order valence-electron chi connectivity index (χ2n) is 7.73. The first-order valence-corrected chi connectivity index (χ1v) is 11.0. The molecule has 152 valence electrons. The number of aryl methyl sites for hydroxylation is 3. The molecule has 0 heterocycles. The standard InChI is InChI=1S/C22H30N2O3S/c1-15(2)14-23-22(25)20(13-19-9-7-6-8-10-19)24-28(26,27)21-17(4)11-16(3)12-18(21)5/h6-12,15,20,24H,13-14H2,1-5H3,(H,23,25)/t20-/m1/s1. The SMILES string of the molecule is Cc1cc(C)c(S(=O)(=O)N[C@H](Cc2ccccc2)C(=O)NCC(C)C)c(C)c1. The number of sulfonamides is 1. The van der Waals surface area contributed by atoms with Gasteiger partial charge in [0.2, 0.25) is 15.9 Å². The number of benzene rings is 2. The minimum atomic E-state index is -3.85. The summed E-state index contributed by atoms with van der Waals surface area (Å²) in [5, 5.41) is 2.85. The second-order valence-corrected chi connectivity index (χ2v) is 9.38. The predicted molar refractivity (Wildman–Crippen MR) is 113 cm³/mol. The van der Waals surface area contributed by atoms with Crippen molar-refractivity contribution in [2.24, 2.45) is 5.92 Å². The molecule has 2 rings (SSSR count). The highest BCUT2D eigenvalue weighted by Crippen LogP contribution is 2.22. The van der Waals surface area contributed by atoms with Crippen molar-refractivity contribution in [2.75, 3.05) is 6.54 Å². The van der Waals surface area contributed by atoms with Gasteiger partial charge in [0, 0.05) is 6.54 Å². The van der Waals surface area contributed by atoms with Gasteiger partial charge >= 0.3 is 0 Å².